The third-order valence-electron chi connectivity index (χ3n) is 2.55. The van der Waals surface area contributed by atoms with Gasteiger partial charge in [-0.15, -0.1) is 0 Å². The summed E-state index contributed by atoms with van der Waals surface area (Å²) in [6.07, 6.45) is -3.17. The zero-order valence-corrected chi connectivity index (χ0v) is 13.5. The molecule has 0 fully saturated rings. The largest absolute Gasteiger partial charge is 0.481 e. The molecule has 0 rings (SSSR count). The van der Waals surface area contributed by atoms with Gasteiger partial charge in [0.05, 0.1) is 6.42 Å². The van der Waals surface area contributed by atoms with E-state index in [1.165, 1.54) is 0 Å². The van der Waals surface area contributed by atoms with Gasteiger partial charge in [0, 0.05) is 6.42 Å². The minimum Gasteiger partial charge on any atom is -0.481 e. The number of hydrogen-bond donors (Lipinski definition) is 8. The van der Waals surface area contributed by atoms with E-state index in [1.54, 1.807) is 0 Å². The number of nitrogens with zero attached hydrogens (tertiary/aromatic N) is 1. The van der Waals surface area contributed by atoms with Crippen LogP contribution in [0.3, 0.4) is 0 Å². The van der Waals surface area contributed by atoms with Gasteiger partial charge in [-0.05, 0) is 6.42 Å². The molecule has 10 N–H and O–H groups in total. The van der Waals surface area contributed by atoms with E-state index >= 15 is 0 Å². The summed E-state index contributed by atoms with van der Waals surface area (Å²) in [5, 5.41) is 30.6. The van der Waals surface area contributed by atoms with Crippen LogP contribution in [0.5, 0.6) is 0 Å². The second-order valence-corrected chi connectivity index (χ2v) is 6.42. The van der Waals surface area contributed by atoms with Gasteiger partial charge in [-0.3, -0.25) is 23.7 Å². The number of aliphatic imine (C=N–C) groups is 1. The molecule has 0 spiro atoms. The first kappa shape index (κ1) is 24.6. The maximum Gasteiger partial charge on any atom is 0.343 e. The minimum atomic E-state index is -5.32. The summed E-state index contributed by atoms with van der Waals surface area (Å²) in [6, 6.07) is 0. The van der Waals surface area contributed by atoms with Crippen LogP contribution in [-0.2, 0) is 23.7 Å². The maximum absolute atomic E-state index is 11.1. The fourth-order valence-corrected chi connectivity index (χ4v) is 2.36. The Hall–Kier alpha value is -2.70. The third-order valence-corrected chi connectivity index (χ3v) is 4.24. The van der Waals surface area contributed by atoms with Crippen LogP contribution in [0.25, 0.3) is 0 Å². The highest BCUT2D eigenvalue weighted by Crippen LogP contribution is 2.55. The Kier molecular flexibility index (Phi) is 10.0. The molecule has 25 heavy (non-hydrogen) atoms. The lowest BCUT2D eigenvalue weighted by Gasteiger charge is -2.27. The highest BCUT2D eigenvalue weighted by Gasteiger charge is 2.55. The van der Waals surface area contributed by atoms with E-state index in [4.69, 9.17) is 41.7 Å². The van der Waals surface area contributed by atoms with Crippen LogP contribution in [0.2, 0.25) is 0 Å². The van der Waals surface area contributed by atoms with E-state index in [0.29, 0.717) is 0 Å². The number of rotatable bonds is 9. The molecule has 0 aliphatic carbocycles. The Morgan fingerprint density at radius 2 is 1.40 bits per heavy atom. The first-order valence-electron chi connectivity index (χ1n) is 6.15. The zero-order chi connectivity index (χ0) is 20.4. The molecule has 0 aliphatic rings. The molecule has 14 nitrogen and oxygen atoms in total. The van der Waals surface area contributed by atoms with Crippen molar-refractivity contribution in [3.8, 4) is 0 Å². The van der Waals surface area contributed by atoms with Crippen molar-refractivity contribution >= 4 is 37.4 Å². The van der Waals surface area contributed by atoms with E-state index in [9.17, 15) is 23.7 Å². The topological polar surface area (TPSA) is 271 Å². The summed E-state index contributed by atoms with van der Waals surface area (Å²) in [5.74, 6) is -6.49. The smallest absolute Gasteiger partial charge is 0.343 e. The van der Waals surface area contributed by atoms with Crippen LogP contribution < -0.4 is 11.5 Å². The van der Waals surface area contributed by atoms with Gasteiger partial charge in [-0.1, -0.05) is 0 Å². The Balaban J connectivity index is 0. The van der Waals surface area contributed by atoms with Gasteiger partial charge in [-0.25, -0.2) is 4.99 Å². The molecule has 1 unspecified atom stereocenters. The van der Waals surface area contributed by atoms with E-state index in [2.05, 4.69) is 4.99 Å². The Bertz CT molecular complexity index is 595. The SMILES string of the molecule is NC(N)=NCC(=O)O.O=C(O)CCC(CC(=O)O)(C(=O)O)P(=O)(O)O. The van der Waals surface area contributed by atoms with Crippen LogP contribution >= 0.6 is 7.60 Å². The molecule has 0 saturated heterocycles. The van der Waals surface area contributed by atoms with Gasteiger partial charge in [0.1, 0.15) is 6.54 Å². The predicted molar refractivity (Wildman–Crippen MR) is 79.8 cm³/mol. The van der Waals surface area contributed by atoms with E-state index in [-0.39, 0.29) is 12.5 Å². The zero-order valence-electron chi connectivity index (χ0n) is 12.6. The normalized spacial score (nSPS) is 12.7. The second-order valence-electron chi connectivity index (χ2n) is 4.48. The highest BCUT2D eigenvalue weighted by molar-refractivity contribution is 7.54. The molecule has 0 heterocycles. The van der Waals surface area contributed by atoms with Crippen molar-refractivity contribution in [2.75, 3.05) is 6.54 Å². The number of hydrogen-bond acceptors (Lipinski definition) is 6. The van der Waals surface area contributed by atoms with Crippen LogP contribution in [0, 0.1) is 0 Å². The van der Waals surface area contributed by atoms with Crippen molar-refractivity contribution in [1.29, 1.82) is 0 Å². The van der Waals surface area contributed by atoms with Gasteiger partial charge < -0.3 is 41.7 Å². The molecule has 0 amide bonds. The van der Waals surface area contributed by atoms with Crippen LogP contribution in [-0.4, -0.2) is 71.8 Å². The molecule has 15 heteroatoms. The monoisotopic (exact) mass is 387 g/mol. The number of carboxylic acids is 4. The quantitative estimate of drug-likeness (QED) is 0.117. The predicted octanol–water partition coefficient (Wildman–Crippen LogP) is -2.33. The van der Waals surface area contributed by atoms with Crippen molar-refractivity contribution in [3.63, 3.8) is 0 Å². The summed E-state index contributed by atoms with van der Waals surface area (Å²) in [6.45, 7) is -0.359. The Labute approximate surface area is 139 Å². The Morgan fingerprint density at radius 3 is 1.60 bits per heavy atom. The standard InChI is InChI=1S/C7H11O9P.C3H7N3O2/c8-4(9)1-2-7(6(12)13,3-5(10)11)17(14,15)16;4-3(5)6-1-2(7)8/h1-3H2,(H,8,9)(H,10,11)(H,12,13)(H2,14,15,16);1H2,(H,7,8)(H4,4,5,6). The number of carboxylic acid groups (broad SMARTS) is 4. The minimum absolute atomic E-state index is 0.201. The summed E-state index contributed by atoms with van der Waals surface area (Å²) in [4.78, 5) is 62.4. The summed E-state index contributed by atoms with van der Waals surface area (Å²) < 4.78 is 11.1. The van der Waals surface area contributed by atoms with Gasteiger partial charge in [0.2, 0.25) is 0 Å². The first-order valence-corrected chi connectivity index (χ1v) is 7.76. The van der Waals surface area contributed by atoms with Crippen LogP contribution in [0.15, 0.2) is 4.99 Å². The number of carbonyl (C=O) groups is 4. The molecule has 0 bridgehead atoms. The average Bonchev–Trinajstić information content (AvgIpc) is 2.39. The van der Waals surface area contributed by atoms with Crippen LogP contribution in [0.1, 0.15) is 19.3 Å². The van der Waals surface area contributed by atoms with Gasteiger partial charge in [0.25, 0.3) is 0 Å². The molecule has 0 aliphatic heterocycles. The lowest BCUT2D eigenvalue weighted by molar-refractivity contribution is -0.148. The van der Waals surface area contributed by atoms with Crippen molar-refractivity contribution in [2.45, 2.75) is 24.4 Å². The Morgan fingerprint density at radius 1 is 0.920 bits per heavy atom. The van der Waals surface area contributed by atoms with Crippen LogP contribution in [0.4, 0.5) is 0 Å². The first-order chi connectivity index (χ1) is 11.2. The average molecular weight is 387 g/mol. The summed E-state index contributed by atoms with van der Waals surface area (Å²) >= 11 is 0. The fraction of sp³-hybridized carbons (Fsp3) is 0.500. The third kappa shape index (κ3) is 9.91. The number of guanidine groups is 1. The molecule has 0 aromatic carbocycles. The highest BCUT2D eigenvalue weighted by atomic mass is 31.2. The molecule has 1 atom stereocenters. The maximum atomic E-state index is 11.1. The molecular formula is C10H18N3O11P. The van der Waals surface area contributed by atoms with Gasteiger partial charge in [-0.2, -0.15) is 0 Å². The van der Waals surface area contributed by atoms with Crippen molar-refractivity contribution in [1.82, 2.24) is 0 Å². The number of nitrogens with two attached hydrogens (primary N) is 2. The van der Waals surface area contributed by atoms with Gasteiger partial charge >= 0.3 is 31.5 Å². The molecule has 0 aromatic rings. The van der Waals surface area contributed by atoms with Gasteiger partial charge in [0.15, 0.2) is 11.1 Å². The second kappa shape index (κ2) is 10.2. The van der Waals surface area contributed by atoms with E-state index < -0.39 is 55.9 Å². The molecule has 0 saturated carbocycles. The molecule has 0 aromatic heterocycles. The fourth-order valence-electron chi connectivity index (χ4n) is 1.37. The van der Waals surface area contributed by atoms with Crippen molar-refractivity contribution < 1.29 is 54.0 Å². The lowest BCUT2D eigenvalue weighted by atomic mass is 9.98. The molecule has 144 valence electrons. The summed E-state index contributed by atoms with van der Waals surface area (Å²) in [5.41, 5.74) is 9.61. The summed E-state index contributed by atoms with van der Waals surface area (Å²) in [7, 11) is -5.32. The lowest BCUT2D eigenvalue weighted by Crippen LogP contribution is -2.41. The van der Waals surface area contributed by atoms with E-state index in [0.717, 1.165) is 0 Å². The molecule has 0 radical (unpaired) electrons. The van der Waals surface area contributed by atoms with Crippen molar-refractivity contribution in [2.24, 2.45) is 16.5 Å². The van der Waals surface area contributed by atoms with E-state index in [1.807, 2.05) is 0 Å². The number of aliphatic carboxylic acids is 4. The van der Waals surface area contributed by atoms with Crippen molar-refractivity contribution in [3.05, 3.63) is 0 Å². The molecular weight excluding hydrogens is 369 g/mol.